The highest BCUT2D eigenvalue weighted by Gasteiger charge is 2.33. The summed E-state index contributed by atoms with van der Waals surface area (Å²) in [6.07, 6.45) is 1.65. The highest BCUT2D eigenvalue weighted by Crippen LogP contribution is 2.37. The van der Waals surface area contributed by atoms with Crippen LogP contribution in [0.3, 0.4) is 0 Å². The number of rotatable bonds is 2. The van der Waals surface area contributed by atoms with E-state index in [2.05, 4.69) is 0 Å². The van der Waals surface area contributed by atoms with Gasteiger partial charge in [0.05, 0.1) is 29.7 Å². The first-order valence-electron chi connectivity index (χ1n) is 8.80. The molecule has 1 aliphatic rings. The lowest BCUT2D eigenvalue weighted by molar-refractivity contribution is 0.0579. The number of benzene rings is 1. The molecule has 28 heavy (non-hydrogen) atoms. The number of methoxy groups -OCH3 is 1. The molecule has 2 heterocycles. The predicted molar refractivity (Wildman–Crippen MR) is 104 cm³/mol. The van der Waals surface area contributed by atoms with Gasteiger partial charge in [-0.1, -0.05) is 12.1 Å². The highest BCUT2D eigenvalue weighted by atomic mass is 16.6. The van der Waals surface area contributed by atoms with Crippen LogP contribution >= 0.6 is 0 Å². The number of nitriles is 1. The maximum Gasteiger partial charge on any atom is 0.414 e. The van der Waals surface area contributed by atoms with E-state index >= 15 is 0 Å². The Bertz CT molecular complexity index is 995. The second kappa shape index (κ2) is 6.93. The molecule has 1 aromatic heterocycles. The van der Waals surface area contributed by atoms with Gasteiger partial charge in [0.25, 0.3) is 0 Å². The third kappa shape index (κ3) is 3.27. The molecule has 8 heteroatoms. The van der Waals surface area contributed by atoms with E-state index < -0.39 is 17.7 Å². The van der Waals surface area contributed by atoms with Crippen molar-refractivity contribution in [3.8, 4) is 11.8 Å². The van der Waals surface area contributed by atoms with E-state index in [9.17, 15) is 14.9 Å². The lowest BCUT2D eigenvalue weighted by Gasteiger charge is -2.26. The minimum Gasteiger partial charge on any atom is -0.464 e. The molecule has 0 spiro atoms. The van der Waals surface area contributed by atoms with Crippen molar-refractivity contribution in [3.63, 3.8) is 0 Å². The predicted octanol–water partition coefficient (Wildman–Crippen LogP) is 3.02. The molecular weight excluding hydrogens is 360 g/mol. The smallest absolute Gasteiger partial charge is 0.414 e. The average molecular weight is 382 g/mol. The van der Waals surface area contributed by atoms with Gasteiger partial charge in [-0.25, -0.2) is 9.59 Å². The number of para-hydroxylation sites is 1. The molecule has 0 saturated carbocycles. The van der Waals surface area contributed by atoms with Crippen molar-refractivity contribution in [2.45, 2.75) is 32.8 Å². The number of carbonyl (C=O) groups excluding carboxylic acids is 2. The maximum atomic E-state index is 12.7. The van der Waals surface area contributed by atoms with Gasteiger partial charge in [-0.05, 0) is 38.8 Å². The monoisotopic (exact) mass is 382 g/mol. The molecule has 0 aliphatic carbocycles. The second-order valence-corrected chi connectivity index (χ2v) is 7.45. The fourth-order valence-electron chi connectivity index (χ4n) is 3.23. The number of anilines is 2. The molecule has 0 bridgehead atoms. The number of fused-ring (bicyclic) bond motifs is 1. The first-order valence-corrected chi connectivity index (χ1v) is 8.80. The van der Waals surface area contributed by atoms with Gasteiger partial charge in [-0.15, -0.1) is 0 Å². The lowest BCUT2D eigenvalue weighted by atomic mass is 10.1. The molecule has 2 aromatic rings. The van der Waals surface area contributed by atoms with Crippen LogP contribution in [0.25, 0.3) is 5.69 Å². The van der Waals surface area contributed by atoms with Gasteiger partial charge < -0.3 is 19.8 Å². The fraction of sp³-hybridized carbons (Fsp3) is 0.350. The summed E-state index contributed by atoms with van der Waals surface area (Å²) in [4.78, 5) is 26.6. The molecule has 8 nitrogen and oxygen atoms in total. The summed E-state index contributed by atoms with van der Waals surface area (Å²) in [6.45, 7) is 5.86. The van der Waals surface area contributed by atoms with Crippen molar-refractivity contribution in [2.75, 3.05) is 24.3 Å². The molecule has 0 saturated heterocycles. The fourth-order valence-corrected chi connectivity index (χ4v) is 3.23. The van der Waals surface area contributed by atoms with Gasteiger partial charge in [0.2, 0.25) is 0 Å². The summed E-state index contributed by atoms with van der Waals surface area (Å²) in [5, 5.41) is 9.34. The Morgan fingerprint density at radius 1 is 1.29 bits per heavy atom. The summed E-state index contributed by atoms with van der Waals surface area (Å²) >= 11 is 0. The molecule has 2 N–H and O–H groups in total. The number of esters is 1. The Balaban J connectivity index is 2.17. The molecule has 0 radical (unpaired) electrons. The van der Waals surface area contributed by atoms with E-state index in [1.54, 1.807) is 31.7 Å². The normalized spacial score (nSPS) is 13.0. The Morgan fingerprint density at radius 3 is 2.61 bits per heavy atom. The third-order valence-electron chi connectivity index (χ3n) is 4.39. The number of ether oxygens (including phenoxy) is 2. The Hall–Kier alpha value is -3.47. The molecule has 3 rings (SSSR count). The van der Waals surface area contributed by atoms with Crippen molar-refractivity contribution >= 4 is 23.4 Å². The van der Waals surface area contributed by atoms with Crippen molar-refractivity contribution in [1.29, 1.82) is 5.26 Å². The number of hydrogen-bond donors (Lipinski definition) is 1. The van der Waals surface area contributed by atoms with Crippen LogP contribution < -0.4 is 10.6 Å². The molecular formula is C20H22N4O4. The third-order valence-corrected chi connectivity index (χ3v) is 4.39. The van der Waals surface area contributed by atoms with Gasteiger partial charge in [0.15, 0.2) is 5.69 Å². The van der Waals surface area contributed by atoms with Gasteiger partial charge in [-0.3, -0.25) is 4.90 Å². The molecule has 0 atom stereocenters. The zero-order valence-corrected chi connectivity index (χ0v) is 16.3. The highest BCUT2D eigenvalue weighted by molar-refractivity contribution is 5.98. The Kier molecular flexibility index (Phi) is 4.77. The summed E-state index contributed by atoms with van der Waals surface area (Å²) < 4.78 is 11.9. The first-order chi connectivity index (χ1) is 13.2. The molecule has 0 unspecified atom stereocenters. The topological polar surface area (TPSA) is 111 Å². The minimum atomic E-state index is -0.668. The standard InChI is InChI=1S/C20H22N4O4/c1-20(2,3)28-19(26)23-9-8-12-6-5-7-14(16(12)23)24-11-13(10-21)15(22)17(24)18(25)27-4/h5-7,11H,8-9,22H2,1-4H3. The number of amides is 1. The molecule has 146 valence electrons. The van der Waals surface area contributed by atoms with Crippen LogP contribution in [0.1, 0.15) is 42.4 Å². The van der Waals surface area contributed by atoms with Crippen LogP contribution in [0.5, 0.6) is 0 Å². The van der Waals surface area contributed by atoms with Crippen molar-refractivity contribution in [1.82, 2.24) is 4.57 Å². The summed E-state index contributed by atoms with van der Waals surface area (Å²) in [7, 11) is 1.24. The molecule has 1 amide bonds. The minimum absolute atomic E-state index is 0.0359. The zero-order valence-electron chi connectivity index (χ0n) is 16.3. The SMILES string of the molecule is COC(=O)c1c(N)c(C#N)cn1-c1cccc2c1N(C(=O)OC(C)(C)C)CC2. The van der Waals surface area contributed by atoms with Gasteiger partial charge in [0.1, 0.15) is 11.7 Å². The van der Waals surface area contributed by atoms with E-state index in [1.165, 1.54) is 17.9 Å². The Labute approximate surface area is 163 Å². The summed E-state index contributed by atoms with van der Waals surface area (Å²) in [5.74, 6) is -0.668. The van der Waals surface area contributed by atoms with Gasteiger partial charge >= 0.3 is 12.1 Å². The van der Waals surface area contributed by atoms with E-state index in [-0.39, 0.29) is 16.9 Å². The number of nitrogen functional groups attached to an aromatic ring is 1. The van der Waals surface area contributed by atoms with E-state index in [0.29, 0.717) is 24.3 Å². The van der Waals surface area contributed by atoms with Crippen molar-refractivity contribution in [2.24, 2.45) is 0 Å². The van der Waals surface area contributed by atoms with Crippen molar-refractivity contribution in [3.05, 3.63) is 41.2 Å². The maximum absolute atomic E-state index is 12.7. The van der Waals surface area contributed by atoms with E-state index in [1.807, 2.05) is 18.2 Å². The number of hydrogen-bond acceptors (Lipinski definition) is 6. The largest absolute Gasteiger partial charge is 0.464 e. The molecule has 1 aromatic carbocycles. The quantitative estimate of drug-likeness (QED) is 0.799. The van der Waals surface area contributed by atoms with Crippen molar-refractivity contribution < 1.29 is 19.1 Å². The number of nitrogens with zero attached hydrogens (tertiary/aromatic N) is 3. The average Bonchev–Trinajstić information content (AvgIpc) is 3.20. The van der Waals surface area contributed by atoms with Crippen LogP contribution in [0, 0.1) is 11.3 Å². The summed E-state index contributed by atoms with van der Waals surface area (Å²) in [5.41, 5.74) is 7.71. The van der Waals surface area contributed by atoms with Crippen LogP contribution in [-0.2, 0) is 15.9 Å². The van der Waals surface area contributed by atoms with Crippen LogP contribution in [0.4, 0.5) is 16.2 Å². The zero-order chi connectivity index (χ0) is 20.6. The van der Waals surface area contributed by atoms with Gasteiger partial charge in [-0.2, -0.15) is 5.26 Å². The van der Waals surface area contributed by atoms with E-state index in [0.717, 1.165) is 5.56 Å². The number of nitrogens with two attached hydrogens (primary N) is 1. The first kappa shape index (κ1) is 19.3. The summed E-state index contributed by atoms with van der Waals surface area (Å²) in [6, 6.07) is 7.48. The lowest BCUT2D eigenvalue weighted by Crippen LogP contribution is -2.36. The van der Waals surface area contributed by atoms with Gasteiger partial charge in [0, 0.05) is 12.7 Å². The van der Waals surface area contributed by atoms with Crippen LogP contribution in [-0.4, -0.2) is 35.9 Å². The number of carbonyl (C=O) groups is 2. The van der Waals surface area contributed by atoms with Crippen LogP contribution in [0.2, 0.25) is 0 Å². The Morgan fingerprint density at radius 2 is 2.00 bits per heavy atom. The van der Waals surface area contributed by atoms with Crippen LogP contribution in [0.15, 0.2) is 24.4 Å². The molecule has 1 aliphatic heterocycles. The number of aromatic nitrogens is 1. The second-order valence-electron chi connectivity index (χ2n) is 7.45. The van der Waals surface area contributed by atoms with E-state index in [4.69, 9.17) is 15.2 Å². The molecule has 0 fully saturated rings.